The SMILES string of the molecule is CCC(NC(C)N)C(C)(C)[SiH]1CCCCO1. The van der Waals surface area contributed by atoms with Crippen molar-refractivity contribution in [3.05, 3.63) is 0 Å². The first-order chi connectivity index (χ1) is 7.48. The maximum atomic E-state index is 6.07. The van der Waals surface area contributed by atoms with Gasteiger partial charge < -0.3 is 10.2 Å². The van der Waals surface area contributed by atoms with Crippen LogP contribution in [-0.2, 0) is 4.43 Å². The van der Waals surface area contributed by atoms with E-state index in [0.717, 1.165) is 13.0 Å². The Hall–Kier alpha value is 0.0969. The average molecular weight is 244 g/mol. The van der Waals surface area contributed by atoms with E-state index >= 15 is 0 Å². The van der Waals surface area contributed by atoms with Crippen molar-refractivity contribution in [2.24, 2.45) is 5.73 Å². The molecule has 3 nitrogen and oxygen atoms in total. The Labute approximate surface area is 102 Å². The predicted molar refractivity (Wildman–Crippen MR) is 72.0 cm³/mol. The lowest BCUT2D eigenvalue weighted by molar-refractivity contribution is 0.245. The molecule has 0 saturated carbocycles. The van der Waals surface area contributed by atoms with E-state index in [0.29, 0.717) is 11.1 Å². The fraction of sp³-hybridized carbons (Fsp3) is 1.00. The minimum absolute atomic E-state index is 0.0711. The van der Waals surface area contributed by atoms with Crippen LogP contribution in [0, 0.1) is 0 Å². The number of hydrogen-bond donors (Lipinski definition) is 2. The molecule has 0 aromatic rings. The van der Waals surface area contributed by atoms with Crippen molar-refractivity contribution in [1.29, 1.82) is 0 Å². The zero-order chi connectivity index (χ0) is 12.2. The summed E-state index contributed by atoms with van der Waals surface area (Å²) in [5.41, 5.74) is 5.86. The zero-order valence-corrected chi connectivity index (χ0v) is 12.4. The monoisotopic (exact) mass is 244 g/mol. The van der Waals surface area contributed by atoms with E-state index in [9.17, 15) is 0 Å². The van der Waals surface area contributed by atoms with Crippen molar-refractivity contribution in [2.45, 2.75) is 70.2 Å². The molecule has 3 N–H and O–H groups in total. The van der Waals surface area contributed by atoms with Crippen LogP contribution in [0.1, 0.15) is 47.0 Å². The van der Waals surface area contributed by atoms with Crippen LogP contribution in [0.2, 0.25) is 11.1 Å². The molecule has 0 amide bonds. The molecule has 0 aromatic carbocycles. The van der Waals surface area contributed by atoms with Gasteiger partial charge in [0, 0.05) is 12.6 Å². The van der Waals surface area contributed by atoms with E-state index in [1.807, 2.05) is 6.92 Å². The van der Waals surface area contributed by atoms with Gasteiger partial charge in [-0.25, -0.2) is 0 Å². The Kier molecular flexibility index (Phi) is 5.44. The summed E-state index contributed by atoms with van der Waals surface area (Å²) >= 11 is 0. The van der Waals surface area contributed by atoms with Gasteiger partial charge in [0.1, 0.15) is 0 Å². The lowest BCUT2D eigenvalue weighted by Crippen LogP contribution is -2.52. The van der Waals surface area contributed by atoms with Crippen LogP contribution in [0.25, 0.3) is 0 Å². The molecule has 1 rings (SSSR count). The summed E-state index contributed by atoms with van der Waals surface area (Å²) in [7, 11) is -1.09. The number of hydrogen-bond acceptors (Lipinski definition) is 3. The largest absolute Gasteiger partial charge is 0.419 e. The van der Waals surface area contributed by atoms with Crippen molar-refractivity contribution in [3.8, 4) is 0 Å². The van der Waals surface area contributed by atoms with Crippen LogP contribution in [0.15, 0.2) is 0 Å². The maximum absolute atomic E-state index is 6.07. The molecule has 1 aliphatic heterocycles. The summed E-state index contributed by atoms with van der Waals surface area (Å²) in [6.45, 7) is 9.95. The van der Waals surface area contributed by atoms with Gasteiger partial charge in [-0.3, -0.25) is 5.32 Å². The van der Waals surface area contributed by atoms with Crippen molar-refractivity contribution < 1.29 is 4.43 Å². The van der Waals surface area contributed by atoms with Crippen molar-refractivity contribution in [2.75, 3.05) is 6.61 Å². The Morgan fingerprint density at radius 3 is 2.56 bits per heavy atom. The summed E-state index contributed by atoms with van der Waals surface area (Å²) in [5.74, 6) is 0. The van der Waals surface area contributed by atoms with Crippen LogP contribution < -0.4 is 11.1 Å². The normalized spacial score (nSPS) is 26.4. The summed E-state index contributed by atoms with van der Waals surface area (Å²) in [5, 5.41) is 3.79. The van der Waals surface area contributed by atoms with Gasteiger partial charge in [-0.15, -0.1) is 0 Å². The molecular weight excluding hydrogens is 216 g/mol. The predicted octanol–water partition coefficient (Wildman–Crippen LogP) is 1.97. The van der Waals surface area contributed by atoms with Crippen LogP contribution in [0.5, 0.6) is 0 Å². The van der Waals surface area contributed by atoms with Gasteiger partial charge in [-0.05, 0) is 30.8 Å². The van der Waals surface area contributed by atoms with Crippen molar-refractivity contribution in [1.82, 2.24) is 5.32 Å². The highest BCUT2D eigenvalue weighted by molar-refractivity contribution is 6.55. The van der Waals surface area contributed by atoms with E-state index in [2.05, 4.69) is 26.1 Å². The standard InChI is InChI=1S/C12H28N2OSi/c1-5-11(14-10(2)13)12(3,4)16-9-7-6-8-15-16/h10-11,14,16H,5-9,13H2,1-4H3. The molecule has 4 heteroatoms. The molecule has 16 heavy (non-hydrogen) atoms. The third kappa shape index (κ3) is 3.55. The van der Waals surface area contributed by atoms with E-state index in [-0.39, 0.29) is 6.17 Å². The third-order valence-electron chi connectivity index (χ3n) is 3.78. The molecule has 1 aliphatic rings. The number of nitrogens with two attached hydrogens (primary N) is 1. The molecule has 0 spiro atoms. The smallest absolute Gasteiger partial charge is 0.184 e. The van der Waals surface area contributed by atoms with Crippen LogP contribution in [0.4, 0.5) is 0 Å². The molecule has 1 fully saturated rings. The molecule has 3 unspecified atom stereocenters. The maximum Gasteiger partial charge on any atom is 0.184 e. The number of rotatable bonds is 5. The highest BCUT2D eigenvalue weighted by Crippen LogP contribution is 2.39. The summed E-state index contributed by atoms with van der Waals surface area (Å²) in [4.78, 5) is 0. The molecule has 0 bridgehead atoms. The minimum atomic E-state index is -1.09. The molecule has 3 atom stereocenters. The highest BCUT2D eigenvalue weighted by Gasteiger charge is 2.39. The van der Waals surface area contributed by atoms with Gasteiger partial charge in [0.05, 0.1) is 6.17 Å². The second-order valence-corrected chi connectivity index (χ2v) is 8.97. The molecular formula is C12H28N2OSi. The Morgan fingerprint density at radius 1 is 1.44 bits per heavy atom. The van der Waals surface area contributed by atoms with Gasteiger partial charge in [0.25, 0.3) is 0 Å². The first-order valence-electron chi connectivity index (χ1n) is 6.61. The molecule has 96 valence electrons. The quantitative estimate of drug-likeness (QED) is 0.574. The summed E-state index contributed by atoms with van der Waals surface area (Å²) in [6.07, 6.45) is 3.80. The third-order valence-corrected chi connectivity index (χ3v) is 7.41. The van der Waals surface area contributed by atoms with Gasteiger partial charge >= 0.3 is 0 Å². The van der Waals surface area contributed by atoms with E-state index in [1.165, 1.54) is 18.9 Å². The van der Waals surface area contributed by atoms with E-state index in [4.69, 9.17) is 10.2 Å². The molecule has 1 saturated heterocycles. The summed E-state index contributed by atoms with van der Waals surface area (Å²) < 4.78 is 6.07. The highest BCUT2D eigenvalue weighted by atomic mass is 28.3. The lowest BCUT2D eigenvalue weighted by atomic mass is 10.00. The van der Waals surface area contributed by atoms with Crippen molar-refractivity contribution >= 4 is 9.04 Å². The Balaban J connectivity index is 2.63. The van der Waals surface area contributed by atoms with Gasteiger partial charge in [0.15, 0.2) is 9.04 Å². The number of nitrogens with one attached hydrogen (secondary N) is 1. The fourth-order valence-corrected chi connectivity index (χ4v) is 5.96. The molecule has 0 aliphatic carbocycles. The first kappa shape index (κ1) is 14.2. The minimum Gasteiger partial charge on any atom is -0.419 e. The molecule has 1 heterocycles. The Morgan fingerprint density at radius 2 is 2.12 bits per heavy atom. The first-order valence-corrected chi connectivity index (χ1v) is 8.48. The molecule has 0 aromatic heterocycles. The van der Waals surface area contributed by atoms with Crippen LogP contribution >= 0.6 is 0 Å². The van der Waals surface area contributed by atoms with Gasteiger partial charge in [-0.1, -0.05) is 27.2 Å². The van der Waals surface area contributed by atoms with Crippen LogP contribution in [-0.4, -0.2) is 27.9 Å². The van der Waals surface area contributed by atoms with E-state index < -0.39 is 9.04 Å². The van der Waals surface area contributed by atoms with Gasteiger partial charge in [0.2, 0.25) is 0 Å². The summed E-state index contributed by atoms with van der Waals surface area (Å²) in [6, 6.07) is 1.81. The van der Waals surface area contributed by atoms with Crippen LogP contribution in [0.3, 0.4) is 0 Å². The van der Waals surface area contributed by atoms with Crippen molar-refractivity contribution in [3.63, 3.8) is 0 Å². The second kappa shape index (κ2) is 6.14. The average Bonchev–Trinajstić information content (AvgIpc) is 2.26. The Bertz CT molecular complexity index is 203. The van der Waals surface area contributed by atoms with Gasteiger partial charge in [-0.2, -0.15) is 0 Å². The lowest BCUT2D eigenvalue weighted by Gasteiger charge is -2.42. The fourth-order valence-electron chi connectivity index (χ4n) is 2.73. The van der Waals surface area contributed by atoms with E-state index in [1.54, 1.807) is 0 Å². The zero-order valence-electron chi connectivity index (χ0n) is 11.3. The molecule has 0 radical (unpaired) electrons. The topological polar surface area (TPSA) is 47.3 Å². The second-order valence-electron chi connectivity index (χ2n) is 5.59.